The van der Waals surface area contributed by atoms with E-state index in [1.54, 1.807) is 6.26 Å². The molecule has 0 aliphatic carbocycles. The highest BCUT2D eigenvalue weighted by atomic mass is 79.9. The molecule has 0 saturated carbocycles. The minimum Gasteiger partial charge on any atom is -0.464 e. The molecule has 1 nitrogen and oxygen atoms in total. The minimum atomic E-state index is 0.693. The molecule has 0 unspecified atom stereocenters. The molecule has 1 aromatic heterocycles. The van der Waals surface area contributed by atoms with Gasteiger partial charge in [-0.1, -0.05) is 27.5 Å². The van der Waals surface area contributed by atoms with Crippen molar-refractivity contribution < 1.29 is 4.42 Å². The van der Waals surface area contributed by atoms with E-state index in [1.165, 1.54) is 0 Å². The van der Waals surface area contributed by atoms with Gasteiger partial charge in [-0.05, 0) is 30.3 Å². The molecule has 0 fully saturated rings. The molecular weight excluding hydrogens is 251 g/mol. The Hall–Kier alpha value is -0.730. The Bertz CT molecular complexity index is 409. The fourth-order valence-electron chi connectivity index (χ4n) is 1.12. The van der Waals surface area contributed by atoms with Crippen molar-refractivity contribution in [3.8, 4) is 11.3 Å². The van der Waals surface area contributed by atoms with Crippen LogP contribution in [0.3, 0.4) is 0 Å². The van der Waals surface area contributed by atoms with E-state index < -0.39 is 0 Å². The third-order valence-electron chi connectivity index (χ3n) is 1.72. The maximum absolute atomic E-state index is 6.01. The van der Waals surface area contributed by atoms with Crippen LogP contribution in [0.15, 0.2) is 45.5 Å². The average Bonchev–Trinajstić information content (AvgIpc) is 2.61. The van der Waals surface area contributed by atoms with Gasteiger partial charge in [-0.25, -0.2) is 0 Å². The topological polar surface area (TPSA) is 13.1 Å². The van der Waals surface area contributed by atoms with Crippen LogP contribution < -0.4 is 0 Å². The van der Waals surface area contributed by atoms with Crippen molar-refractivity contribution >= 4 is 27.5 Å². The maximum Gasteiger partial charge on any atom is 0.135 e. The van der Waals surface area contributed by atoms with E-state index in [-0.39, 0.29) is 0 Å². The van der Waals surface area contributed by atoms with Crippen molar-refractivity contribution in [1.29, 1.82) is 0 Å². The third kappa shape index (κ3) is 1.79. The second kappa shape index (κ2) is 3.56. The van der Waals surface area contributed by atoms with Crippen molar-refractivity contribution in [3.63, 3.8) is 0 Å². The number of rotatable bonds is 1. The Morgan fingerprint density at radius 2 is 2.08 bits per heavy atom. The second-order valence-corrected chi connectivity index (χ2v) is 3.92. The third-order valence-corrected chi connectivity index (χ3v) is 2.54. The van der Waals surface area contributed by atoms with Gasteiger partial charge in [0.05, 0.1) is 11.3 Å². The molecule has 3 heteroatoms. The van der Waals surface area contributed by atoms with E-state index in [9.17, 15) is 0 Å². The Kier molecular flexibility index (Phi) is 2.42. The van der Waals surface area contributed by atoms with Gasteiger partial charge < -0.3 is 4.42 Å². The van der Waals surface area contributed by atoms with Crippen LogP contribution in [0.1, 0.15) is 0 Å². The van der Waals surface area contributed by atoms with E-state index in [4.69, 9.17) is 16.0 Å². The van der Waals surface area contributed by atoms with E-state index in [1.807, 2.05) is 30.3 Å². The molecule has 0 radical (unpaired) electrons. The summed E-state index contributed by atoms with van der Waals surface area (Å²) >= 11 is 9.39. The van der Waals surface area contributed by atoms with Gasteiger partial charge in [0, 0.05) is 10.0 Å². The molecule has 1 heterocycles. The maximum atomic E-state index is 6.01. The molecule has 0 aliphatic rings. The highest BCUT2D eigenvalue weighted by Crippen LogP contribution is 2.30. The van der Waals surface area contributed by atoms with Gasteiger partial charge in [0.15, 0.2) is 0 Å². The first-order valence-corrected chi connectivity index (χ1v) is 4.93. The standard InChI is InChI=1S/C10H6BrClO/c11-7-3-4-9(12)8(6-7)10-2-1-5-13-10/h1-6H. The molecular formula is C10H6BrClO. The molecule has 1 aromatic carbocycles. The monoisotopic (exact) mass is 256 g/mol. The molecule has 0 bridgehead atoms. The largest absolute Gasteiger partial charge is 0.464 e. The predicted octanol–water partition coefficient (Wildman–Crippen LogP) is 4.36. The summed E-state index contributed by atoms with van der Waals surface area (Å²) in [5, 5.41) is 0.693. The fourth-order valence-corrected chi connectivity index (χ4v) is 1.69. The molecule has 2 aromatic rings. The highest BCUT2D eigenvalue weighted by molar-refractivity contribution is 9.10. The lowest BCUT2D eigenvalue weighted by atomic mass is 10.2. The summed E-state index contributed by atoms with van der Waals surface area (Å²) in [6, 6.07) is 9.39. The summed E-state index contributed by atoms with van der Waals surface area (Å²) in [7, 11) is 0. The van der Waals surface area contributed by atoms with Gasteiger partial charge in [-0.3, -0.25) is 0 Å². The van der Waals surface area contributed by atoms with Crippen LogP contribution in [-0.2, 0) is 0 Å². The molecule has 13 heavy (non-hydrogen) atoms. The lowest BCUT2D eigenvalue weighted by Gasteiger charge is -2.00. The second-order valence-electron chi connectivity index (χ2n) is 2.60. The summed E-state index contributed by atoms with van der Waals surface area (Å²) in [4.78, 5) is 0. The zero-order valence-electron chi connectivity index (χ0n) is 6.63. The summed E-state index contributed by atoms with van der Waals surface area (Å²) in [5.74, 6) is 0.784. The molecule has 0 aliphatic heterocycles. The average molecular weight is 258 g/mol. The summed E-state index contributed by atoms with van der Waals surface area (Å²) in [5.41, 5.74) is 0.904. The van der Waals surface area contributed by atoms with Crippen LogP contribution in [0, 0.1) is 0 Å². The quantitative estimate of drug-likeness (QED) is 0.740. The van der Waals surface area contributed by atoms with Crippen molar-refractivity contribution in [2.45, 2.75) is 0 Å². The Morgan fingerprint density at radius 3 is 2.77 bits per heavy atom. The van der Waals surface area contributed by atoms with Gasteiger partial charge in [0.25, 0.3) is 0 Å². The van der Waals surface area contributed by atoms with Crippen LogP contribution in [0.5, 0.6) is 0 Å². The van der Waals surface area contributed by atoms with Crippen LogP contribution in [0.2, 0.25) is 5.02 Å². The van der Waals surface area contributed by atoms with Crippen LogP contribution in [0.25, 0.3) is 11.3 Å². The molecule has 0 spiro atoms. The summed E-state index contributed by atoms with van der Waals surface area (Å²) < 4.78 is 6.24. The molecule has 0 atom stereocenters. The smallest absolute Gasteiger partial charge is 0.135 e. The molecule has 0 amide bonds. The van der Waals surface area contributed by atoms with E-state index >= 15 is 0 Å². The lowest BCUT2D eigenvalue weighted by molar-refractivity contribution is 0.582. The normalized spacial score (nSPS) is 10.3. The highest BCUT2D eigenvalue weighted by Gasteiger charge is 2.05. The van der Waals surface area contributed by atoms with Gasteiger partial charge >= 0.3 is 0 Å². The zero-order valence-corrected chi connectivity index (χ0v) is 8.97. The predicted molar refractivity (Wildman–Crippen MR) is 56.9 cm³/mol. The molecule has 2 rings (SSSR count). The first kappa shape index (κ1) is 8.85. The lowest BCUT2D eigenvalue weighted by Crippen LogP contribution is -1.76. The van der Waals surface area contributed by atoms with Gasteiger partial charge in [-0.15, -0.1) is 0 Å². The molecule has 66 valence electrons. The van der Waals surface area contributed by atoms with E-state index in [0.717, 1.165) is 15.8 Å². The van der Waals surface area contributed by atoms with Gasteiger partial charge in [0.2, 0.25) is 0 Å². The first-order chi connectivity index (χ1) is 6.27. The van der Waals surface area contributed by atoms with Gasteiger partial charge in [-0.2, -0.15) is 0 Å². The SMILES string of the molecule is Clc1ccc(Br)cc1-c1ccco1. The van der Waals surface area contributed by atoms with Crippen molar-refractivity contribution in [2.24, 2.45) is 0 Å². The Labute approximate surface area is 89.5 Å². The number of hydrogen-bond donors (Lipinski definition) is 0. The van der Waals surface area contributed by atoms with Crippen molar-refractivity contribution in [2.75, 3.05) is 0 Å². The Morgan fingerprint density at radius 1 is 1.23 bits per heavy atom. The number of halogens is 2. The fraction of sp³-hybridized carbons (Fsp3) is 0. The van der Waals surface area contributed by atoms with E-state index in [0.29, 0.717) is 5.02 Å². The summed E-state index contributed by atoms with van der Waals surface area (Å²) in [6.07, 6.45) is 1.63. The number of hydrogen-bond acceptors (Lipinski definition) is 1. The van der Waals surface area contributed by atoms with E-state index in [2.05, 4.69) is 15.9 Å². The zero-order chi connectivity index (χ0) is 9.26. The molecule has 0 N–H and O–H groups in total. The number of benzene rings is 1. The Balaban J connectivity index is 2.57. The van der Waals surface area contributed by atoms with Gasteiger partial charge in [0.1, 0.15) is 5.76 Å². The van der Waals surface area contributed by atoms with Crippen LogP contribution in [-0.4, -0.2) is 0 Å². The first-order valence-electron chi connectivity index (χ1n) is 3.76. The van der Waals surface area contributed by atoms with Crippen LogP contribution >= 0.6 is 27.5 Å². The van der Waals surface area contributed by atoms with Crippen molar-refractivity contribution in [1.82, 2.24) is 0 Å². The van der Waals surface area contributed by atoms with Crippen LogP contribution in [0.4, 0.5) is 0 Å². The summed E-state index contributed by atoms with van der Waals surface area (Å²) in [6.45, 7) is 0. The minimum absolute atomic E-state index is 0.693. The van der Waals surface area contributed by atoms with Crippen molar-refractivity contribution in [3.05, 3.63) is 46.1 Å². The molecule has 0 saturated heterocycles. The number of furan rings is 1.